The number of nitrogens with zero attached hydrogens (tertiary/aromatic N) is 1. The van der Waals surface area contributed by atoms with Crippen molar-refractivity contribution in [2.24, 2.45) is 5.10 Å². The lowest BCUT2D eigenvalue weighted by Gasteiger charge is -2.09. The number of carbonyl (C=O) groups excluding carboxylic acids is 3. The summed E-state index contributed by atoms with van der Waals surface area (Å²) in [4.78, 5) is 36.7. The summed E-state index contributed by atoms with van der Waals surface area (Å²) in [6, 6.07) is 17.9. The predicted molar refractivity (Wildman–Crippen MR) is 133 cm³/mol. The highest BCUT2D eigenvalue weighted by atomic mass is 79.9. The largest absolute Gasteiger partial charge is 0.494 e. The summed E-state index contributed by atoms with van der Waals surface area (Å²) in [5.41, 5.74) is 3.14. The lowest BCUT2D eigenvalue weighted by molar-refractivity contribution is -0.136. The van der Waals surface area contributed by atoms with Crippen molar-refractivity contribution in [3.05, 3.63) is 87.4 Å². The van der Waals surface area contributed by atoms with Gasteiger partial charge in [-0.05, 0) is 61.5 Å². The van der Waals surface area contributed by atoms with Crippen LogP contribution in [0.15, 0.2) is 76.3 Å². The van der Waals surface area contributed by atoms with Crippen molar-refractivity contribution in [3.63, 3.8) is 0 Å². The summed E-state index contributed by atoms with van der Waals surface area (Å²) in [5, 5.41) is 6.51. The first-order valence-electron chi connectivity index (χ1n) is 10.0. The SMILES string of the molecule is CCOc1ccc(NC(=O)C(=O)N/N=C\c2cc(Br)ccc2OC(=O)c2ccccc2Cl)cc1. The van der Waals surface area contributed by atoms with Crippen molar-refractivity contribution >= 4 is 57.2 Å². The second-order valence-corrected chi connectivity index (χ2v) is 7.99. The molecular formula is C24H19BrClN3O5. The van der Waals surface area contributed by atoms with Gasteiger partial charge in [0.1, 0.15) is 11.5 Å². The Balaban J connectivity index is 1.64. The zero-order valence-corrected chi connectivity index (χ0v) is 20.2. The van der Waals surface area contributed by atoms with Crippen LogP contribution in [-0.2, 0) is 9.59 Å². The minimum atomic E-state index is -0.977. The number of ether oxygens (including phenoxy) is 2. The molecule has 0 atom stereocenters. The van der Waals surface area contributed by atoms with Crippen molar-refractivity contribution in [3.8, 4) is 11.5 Å². The van der Waals surface area contributed by atoms with Gasteiger partial charge in [0.25, 0.3) is 0 Å². The molecule has 0 aliphatic heterocycles. The minimum absolute atomic E-state index is 0.185. The fraction of sp³-hybridized carbons (Fsp3) is 0.0833. The van der Waals surface area contributed by atoms with E-state index in [1.807, 2.05) is 6.92 Å². The van der Waals surface area contributed by atoms with Crippen LogP contribution in [-0.4, -0.2) is 30.6 Å². The van der Waals surface area contributed by atoms with E-state index in [4.69, 9.17) is 21.1 Å². The number of benzene rings is 3. The molecule has 0 saturated carbocycles. The second kappa shape index (κ2) is 12.0. The van der Waals surface area contributed by atoms with Gasteiger partial charge in [-0.1, -0.05) is 39.7 Å². The molecule has 0 aromatic heterocycles. The van der Waals surface area contributed by atoms with Gasteiger partial charge in [-0.3, -0.25) is 9.59 Å². The first-order valence-corrected chi connectivity index (χ1v) is 11.2. The molecule has 3 aromatic carbocycles. The lowest BCUT2D eigenvalue weighted by atomic mass is 10.2. The maximum atomic E-state index is 12.5. The van der Waals surface area contributed by atoms with Gasteiger partial charge in [0.05, 0.1) is 23.4 Å². The molecule has 0 spiro atoms. The molecule has 0 saturated heterocycles. The van der Waals surface area contributed by atoms with Crippen molar-refractivity contribution in [2.75, 3.05) is 11.9 Å². The smallest absolute Gasteiger partial charge is 0.345 e. The standard InChI is InChI=1S/C24H19BrClN3O5/c1-2-33-18-10-8-17(9-11-18)28-22(30)23(31)29-27-14-15-13-16(25)7-12-21(15)34-24(32)19-5-3-4-6-20(19)26/h3-14H,2H2,1H3,(H,28,30)(H,29,31)/b27-14-. The fourth-order valence-corrected chi connectivity index (χ4v) is 3.29. The molecule has 10 heteroatoms. The number of amides is 2. The second-order valence-electron chi connectivity index (χ2n) is 6.66. The number of hydrazone groups is 1. The van der Waals surface area contributed by atoms with Crippen LogP contribution in [0.3, 0.4) is 0 Å². The Morgan fingerprint density at radius 1 is 1.03 bits per heavy atom. The fourth-order valence-electron chi connectivity index (χ4n) is 2.69. The van der Waals surface area contributed by atoms with Crippen LogP contribution in [0.1, 0.15) is 22.8 Å². The zero-order chi connectivity index (χ0) is 24.5. The first kappa shape index (κ1) is 24.9. The quantitative estimate of drug-likeness (QED) is 0.146. The van der Waals surface area contributed by atoms with Crippen LogP contribution in [0.5, 0.6) is 11.5 Å². The van der Waals surface area contributed by atoms with Crippen LogP contribution >= 0.6 is 27.5 Å². The van der Waals surface area contributed by atoms with Gasteiger partial charge in [-0.2, -0.15) is 5.10 Å². The van der Waals surface area contributed by atoms with Gasteiger partial charge in [0.15, 0.2) is 0 Å². The van der Waals surface area contributed by atoms with Gasteiger partial charge in [0.2, 0.25) is 0 Å². The van der Waals surface area contributed by atoms with Crippen molar-refractivity contribution in [1.82, 2.24) is 5.43 Å². The normalized spacial score (nSPS) is 10.6. The molecule has 2 amide bonds. The first-order chi connectivity index (χ1) is 16.4. The molecule has 0 aliphatic rings. The highest BCUT2D eigenvalue weighted by Gasteiger charge is 2.15. The Bertz CT molecular complexity index is 1230. The number of halogens is 2. The van der Waals surface area contributed by atoms with E-state index in [0.717, 1.165) is 0 Å². The number of esters is 1. The molecule has 3 aromatic rings. The van der Waals surface area contributed by atoms with Crippen molar-refractivity contribution in [2.45, 2.75) is 6.92 Å². The van der Waals surface area contributed by atoms with Crippen LogP contribution in [0.25, 0.3) is 0 Å². The van der Waals surface area contributed by atoms with E-state index in [-0.39, 0.29) is 16.3 Å². The van der Waals surface area contributed by atoms with Crippen LogP contribution in [0, 0.1) is 0 Å². The van der Waals surface area contributed by atoms with Gasteiger partial charge in [-0.25, -0.2) is 10.2 Å². The summed E-state index contributed by atoms with van der Waals surface area (Å²) in [7, 11) is 0. The van der Waals surface area contributed by atoms with E-state index >= 15 is 0 Å². The van der Waals surface area contributed by atoms with Gasteiger partial charge < -0.3 is 14.8 Å². The highest BCUT2D eigenvalue weighted by Crippen LogP contribution is 2.24. The van der Waals surface area contributed by atoms with Gasteiger partial charge in [0, 0.05) is 15.7 Å². The molecule has 0 fully saturated rings. The number of rotatable bonds is 7. The van der Waals surface area contributed by atoms with Crippen LogP contribution in [0.2, 0.25) is 5.02 Å². The third-order valence-corrected chi connectivity index (χ3v) is 5.09. The zero-order valence-electron chi connectivity index (χ0n) is 17.9. The molecule has 0 heterocycles. The Kier molecular flexibility index (Phi) is 8.78. The number of hydrogen-bond donors (Lipinski definition) is 2. The van der Waals surface area contributed by atoms with Crippen molar-refractivity contribution in [1.29, 1.82) is 0 Å². The summed E-state index contributed by atoms with van der Waals surface area (Å²) in [6.45, 7) is 2.38. The van der Waals surface area contributed by atoms with Crippen LogP contribution < -0.4 is 20.2 Å². The maximum Gasteiger partial charge on any atom is 0.345 e. The number of hydrogen-bond acceptors (Lipinski definition) is 6. The van der Waals surface area contributed by atoms with E-state index in [9.17, 15) is 14.4 Å². The summed E-state index contributed by atoms with van der Waals surface area (Å²) in [5.74, 6) is -1.70. The molecule has 0 bridgehead atoms. The van der Waals surface area contributed by atoms with Gasteiger partial charge >= 0.3 is 17.8 Å². The van der Waals surface area contributed by atoms with Crippen molar-refractivity contribution < 1.29 is 23.9 Å². The molecular weight excluding hydrogens is 526 g/mol. The van der Waals surface area contributed by atoms with Crippen LogP contribution in [0.4, 0.5) is 5.69 Å². The Morgan fingerprint density at radius 3 is 2.47 bits per heavy atom. The molecule has 0 radical (unpaired) electrons. The van der Waals surface area contributed by atoms with E-state index in [1.165, 1.54) is 6.21 Å². The summed E-state index contributed by atoms with van der Waals surface area (Å²) < 4.78 is 11.5. The molecule has 0 aliphatic carbocycles. The van der Waals surface area contributed by atoms with E-state index in [2.05, 4.69) is 31.8 Å². The Morgan fingerprint density at radius 2 is 1.76 bits per heavy atom. The predicted octanol–water partition coefficient (Wildman–Crippen LogP) is 4.81. The number of nitrogens with one attached hydrogen (secondary N) is 2. The topological polar surface area (TPSA) is 106 Å². The third kappa shape index (κ3) is 6.90. The third-order valence-electron chi connectivity index (χ3n) is 4.27. The molecule has 8 nitrogen and oxygen atoms in total. The average Bonchev–Trinajstić information content (AvgIpc) is 2.82. The molecule has 34 heavy (non-hydrogen) atoms. The van der Waals surface area contributed by atoms with Gasteiger partial charge in [-0.15, -0.1) is 0 Å². The van der Waals surface area contributed by atoms with E-state index in [0.29, 0.717) is 28.1 Å². The maximum absolute atomic E-state index is 12.5. The lowest BCUT2D eigenvalue weighted by Crippen LogP contribution is -2.32. The minimum Gasteiger partial charge on any atom is -0.494 e. The van der Waals surface area contributed by atoms with E-state index in [1.54, 1.807) is 66.7 Å². The Labute approximate surface area is 209 Å². The summed E-state index contributed by atoms with van der Waals surface area (Å²) >= 11 is 9.38. The highest BCUT2D eigenvalue weighted by molar-refractivity contribution is 9.10. The Hall–Kier alpha value is -3.69. The van der Waals surface area contributed by atoms with E-state index < -0.39 is 17.8 Å². The number of anilines is 1. The molecule has 2 N–H and O–H groups in total. The average molecular weight is 545 g/mol. The monoisotopic (exact) mass is 543 g/mol. The summed E-state index contributed by atoms with van der Waals surface area (Å²) in [6.07, 6.45) is 1.25. The molecule has 174 valence electrons. The molecule has 0 unspecified atom stereocenters. The molecule has 3 rings (SSSR count). The number of carbonyl (C=O) groups is 3.